The van der Waals surface area contributed by atoms with Gasteiger partial charge in [-0.05, 0) is 39.8 Å². The molecule has 0 radical (unpaired) electrons. The van der Waals surface area contributed by atoms with Crippen LogP contribution in [0.2, 0.25) is 0 Å². The van der Waals surface area contributed by atoms with Gasteiger partial charge in [0.15, 0.2) is 0 Å². The molecule has 1 aliphatic rings. The van der Waals surface area contributed by atoms with Crippen molar-refractivity contribution in [2.24, 2.45) is 0 Å². The molecule has 0 aromatic heterocycles. The fourth-order valence-electron chi connectivity index (χ4n) is 1.87. The van der Waals surface area contributed by atoms with E-state index in [0.29, 0.717) is 6.04 Å². The molecule has 4 nitrogen and oxygen atoms in total. The summed E-state index contributed by atoms with van der Waals surface area (Å²) in [6.45, 7) is 5.62. The van der Waals surface area contributed by atoms with Gasteiger partial charge in [-0.15, -0.1) is 0 Å². The Labute approximate surface area is 92.0 Å². The van der Waals surface area contributed by atoms with Crippen molar-refractivity contribution in [2.45, 2.75) is 38.3 Å². The lowest BCUT2D eigenvalue weighted by Crippen LogP contribution is -2.51. The van der Waals surface area contributed by atoms with Crippen LogP contribution in [0.25, 0.3) is 0 Å². The minimum Gasteiger partial charge on any atom is -0.369 e. The average molecular weight is 214 g/mol. The minimum atomic E-state index is -0.709. The van der Waals surface area contributed by atoms with Crippen molar-refractivity contribution in [1.82, 2.24) is 10.2 Å². The van der Waals surface area contributed by atoms with E-state index in [1.54, 1.807) is 7.11 Å². The van der Waals surface area contributed by atoms with Gasteiger partial charge in [0.25, 0.3) is 5.91 Å². The topological polar surface area (TPSA) is 41.6 Å². The Hall–Kier alpha value is -0.610. The summed E-state index contributed by atoms with van der Waals surface area (Å²) >= 11 is 0. The zero-order valence-corrected chi connectivity index (χ0v) is 10.2. The third-order valence-electron chi connectivity index (χ3n) is 3.20. The molecule has 0 saturated carbocycles. The van der Waals surface area contributed by atoms with E-state index in [9.17, 15) is 4.79 Å². The summed E-state index contributed by atoms with van der Waals surface area (Å²) in [6, 6.07) is 0.355. The second kappa shape index (κ2) is 4.94. The summed E-state index contributed by atoms with van der Waals surface area (Å²) in [5, 5.41) is 3.29. The van der Waals surface area contributed by atoms with E-state index in [-0.39, 0.29) is 5.91 Å². The minimum absolute atomic E-state index is 0.0666. The third kappa shape index (κ3) is 2.92. The van der Waals surface area contributed by atoms with Crippen LogP contribution in [0.15, 0.2) is 0 Å². The summed E-state index contributed by atoms with van der Waals surface area (Å²) in [5.74, 6) is 0.0666. The Morgan fingerprint density at radius 2 is 1.93 bits per heavy atom. The van der Waals surface area contributed by atoms with E-state index in [2.05, 4.69) is 5.32 Å². The van der Waals surface area contributed by atoms with E-state index < -0.39 is 5.60 Å². The number of hydrogen-bond acceptors (Lipinski definition) is 3. The van der Waals surface area contributed by atoms with Gasteiger partial charge in [0, 0.05) is 20.2 Å². The van der Waals surface area contributed by atoms with Crippen molar-refractivity contribution in [1.29, 1.82) is 0 Å². The summed E-state index contributed by atoms with van der Waals surface area (Å²) < 4.78 is 5.20. The SMILES string of the molecule is COC(C)(C)C(=O)N(C)C1CCNCC1. The third-order valence-corrected chi connectivity index (χ3v) is 3.20. The molecule has 0 aromatic rings. The molecule has 15 heavy (non-hydrogen) atoms. The number of hydrogen-bond donors (Lipinski definition) is 1. The number of methoxy groups -OCH3 is 1. The predicted molar refractivity (Wildman–Crippen MR) is 59.7 cm³/mol. The van der Waals surface area contributed by atoms with Crippen LogP contribution >= 0.6 is 0 Å². The van der Waals surface area contributed by atoms with Gasteiger partial charge in [-0.25, -0.2) is 0 Å². The largest absolute Gasteiger partial charge is 0.369 e. The van der Waals surface area contributed by atoms with Crippen LogP contribution in [0, 0.1) is 0 Å². The van der Waals surface area contributed by atoms with Gasteiger partial charge < -0.3 is 15.0 Å². The Morgan fingerprint density at radius 1 is 1.40 bits per heavy atom. The van der Waals surface area contributed by atoms with E-state index in [0.717, 1.165) is 25.9 Å². The Kier molecular flexibility index (Phi) is 4.11. The molecule has 1 rings (SSSR count). The molecule has 0 bridgehead atoms. The van der Waals surface area contributed by atoms with Crippen molar-refractivity contribution < 1.29 is 9.53 Å². The summed E-state index contributed by atoms with van der Waals surface area (Å²) in [5.41, 5.74) is -0.709. The van der Waals surface area contributed by atoms with Gasteiger partial charge >= 0.3 is 0 Å². The molecule has 0 unspecified atom stereocenters. The number of rotatable bonds is 3. The Bertz CT molecular complexity index is 223. The maximum absolute atomic E-state index is 12.1. The Balaban J connectivity index is 2.58. The molecule has 88 valence electrons. The normalized spacial score (nSPS) is 18.9. The van der Waals surface area contributed by atoms with Gasteiger partial charge in [-0.2, -0.15) is 0 Å². The molecule has 4 heteroatoms. The lowest BCUT2D eigenvalue weighted by molar-refractivity contribution is -0.152. The van der Waals surface area contributed by atoms with Gasteiger partial charge in [0.2, 0.25) is 0 Å². The molecule has 0 spiro atoms. The first kappa shape index (κ1) is 12.5. The predicted octanol–water partition coefficient (Wildman–Crippen LogP) is 0.622. The van der Waals surface area contributed by atoms with Crippen LogP contribution in [0.3, 0.4) is 0 Å². The van der Waals surface area contributed by atoms with Crippen molar-refractivity contribution >= 4 is 5.91 Å². The molecule has 1 fully saturated rings. The fourth-order valence-corrected chi connectivity index (χ4v) is 1.87. The van der Waals surface area contributed by atoms with Gasteiger partial charge in [0.05, 0.1) is 0 Å². The van der Waals surface area contributed by atoms with Crippen molar-refractivity contribution in [2.75, 3.05) is 27.2 Å². The molecule has 1 aliphatic heterocycles. The number of amides is 1. The maximum atomic E-state index is 12.1. The van der Waals surface area contributed by atoms with Gasteiger partial charge in [-0.3, -0.25) is 4.79 Å². The highest BCUT2D eigenvalue weighted by Gasteiger charge is 2.33. The maximum Gasteiger partial charge on any atom is 0.254 e. The Morgan fingerprint density at radius 3 is 2.40 bits per heavy atom. The van der Waals surface area contributed by atoms with Crippen LogP contribution < -0.4 is 5.32 Å². The van der Waals surface area contributed by atoms with Crippen molar-refractivity contribution in [3.8, 4) is 0 Å². The number of nitrogens with one attached hydrogen (secondary N) is 1. The van der Waals surface area contributed by atoms with Crippen LogP contribution in [0.1, 0.15) is 26.7 Å². The molecular weight excluding hydrogens is 192 g/mol. The molecule has 1 amide bonds. The van der Waals surface area contributed by atoms with E-state index >= 15 is 0 Å². The molecule has 0 aliphatic carbocycles. The number of carbonyl (C=O) groups excluding carboxylic acids is 1. The molecule has 0 atom stereocenters. The number of nitrogens with zero attached hydrogens (tertiary/aromatic N) is 1. The van der Waals surface area contributed by atoms with Crippen LogP contribution in [-0.2, 0) is 9.53 Å². The van der Waals surface area contributed by atoms with Gasteiger partial charge in [0.1, 0.15) is 5.60 Å². The first-order valence-electron chi connectivity index (χ1n) is 5.52. The molecule has 1 N–H and O–H groups in total. The highest BCUT2D eigenvalue weighted by atomic mass is 16.5. The lowest BCUT2D eigenvalue weighted by Gasteiger charge is -2.36. The number of piperidine rings is 1. The smallest absolute Gasteiger partial charge is 0.254 e. The number of likely N-dealkylation sites (N-methyl/N-ethyl adjacent to an activating group) is 1. The highest BCUT2D eigenvalue weighted by Crippen LogP contribution is 2.17. The summed E-state index contributed by atoms with van der Waals surface area (Å²) in [6.07, 6.45) is 2.06. The zero-order valence-electron chi connectivity index (χ0n) is 10.2. The quantitative estimate of drug-likeness (QED) is 0.749. The van der Waals surface area contributed by atoms with E-state index in [1.165, 1.54) is 0 Å². The second-order valence-corrected chi connectivity index (χ2v) is 4.61. The second-order valence-electron chi connectivity index (χ2n) is 4.61. The number of carbonyl (C=O) groups is 1. The van der Waals surface area contributed by atoms with E-state index in [1.807, 2.05) is 25.8 Å². The first-order chi connectivity index (χ1) is 6.99. The molecule has 0 aromatic carbocycles. The monoisotopic (exact) mass is 214 g/mol. The van der Waals surface area contributed by atoms with Crippen molar-refractivity contribution in [3.05, 3.63) is 0 Å². The fraction of sp³-hybridized carbons (Fsp3) is 0.909. The average Bonchev–Trinajstić information content (AvgIpc) is 2.28. The first-order valence-corrected chi connectivity index (χ1v) is 5.52. The number of ether oxygens (including phenoxy) is 1. The highest BCUT2D eigenvalue weighted by molar-refractivity contribution is 5.84. The standard InChI is InChI=1S/C11H22N2O2/c1-11(2,15-4)10(14)13(3)9-5-7-12-8-6-9/h9,12H,5-8H2,1-4H3. The van der Waals surface area contributed by atoms with Crippen molar-refractivity contribution in [3.63, 3.8) is 0 Å². The molecule has 1 saturated heterocycles. The lowest BCUT2D eigenvalue weighted by atomic mass is 10.0. The van der Waals surface area contributed by atoms with E-state index in [4.69, 9.17) is 4.74 Å². The molecular formula is C11H22N2O2. The van der Waals surface area contributed by atoms with Crippen LogP contribution in [0.4, 0.5) is 0 Å². The van der Waals surface area contributed by atoms with Crippen LogP contribution in [0.5, 0.6) is 0 Å². The summed E-state index contributed by atoms with van der Waals surface area (Å²) in [7, 11) is 3.45. The molecule has 1 heterocycles. The van der Waals surface area contributed by atoms with Crippen LogP contribution in [-0.4, -0.2) is 49.7 Å². The summed E-state index contributed by atoms with van der Waals surface area (Å²) in [4.78, 5) is 13.9. The van der Waals surface area contributed by atoms with Gasteiger partial charge in [-0.1, -0.05) is 0 Å². The zero-order chi connectivity index (χ0) is 11.5.